The second-order valence-electron chi connectivity index (χ2n) is 5.16. The number of hydrogen-bond acceptors (Lipinski definition) is 3. The number of carbonyl (C=O) groups is 1. The van der Waals surface area contributed by atoms with Gasteiger partial charge in [0, 0.05) is 54.7 Å². The maximum Gasteiger partial charge on any atom is 0.253 e. The SMILES string of the molecule is CN(CC1(O)CCOCC1)C(=O)c1cc(Cl)cc(Br)c1. The van der Waals surface area contributed by atoms with Gasteiger partial charge < -0.3 is 14.7 Å². The summed E-state index contributed by atoms with van der Waals surface area (Å²) in [5, 5.41) is 10.9. The highest BCUT2D eigenvalue weighted by molar-refractivity contribution is 9.10. The molecule has 110 valence electrons. The van der Waals surface area contributed by atoms with E-state index in [2.05, 4.69) is 15.9 Å². The van der Waals surface area contributed by atoms with Crippen LogP contribution in [0.2, 0.25) is 5.02 Å². The van der Waals surface area contributed by atoms with E-state index in [0.29, 0.717) is 43.2 Å². The van der Waals surface area contributed by atoms with E-state index in [1.807, 2.05) is 0 Å². The van der Waals surface area contributed by atoms with Gasteiger partial charge in [0.1, 0.15) is 0 Å². The van der Waals surface area contributed by atoms with Crippen LogP contribution in [0.4, 0.5) is 0 Å². The molecule has 1 aliphatic rings. The number of benzene rings is 1. The first-order valence-electron chi connectivity index (χ1n) is 6.41. The second kappa shape index (κ2) is 6.43. The Bertz CT molecular complexity index is 483. The van der Waals surface area contributed by atoms with Gasteiger partial charge in [-0.3, -0.25) is 4.79 Å². The van der Waals surface area contributed by atoms with Crippen molar-refractivity contribution in [1.29, 1.82) is 0 Å². The molecule has 0 bridgehead atoms. The van der Waals surface area contributed by atoms with Gasteiger partial charge in [-0.25, -0.2) is 0 Å². The van der Waals surface area contributed by atoms with Crippen molar-refractivity contribution in [3.8, 4) is 0 Å². The third-order valence-corrected chi connectivity index (χ3v) is 4.09. The van der Waals surface area contributed by atoms with Crippen molar-refractivity contribution >= 4 is 33.4 Å². The van der Waals surface area contributed by atoms with Gasteiger partial charge >= 0.3 is 0 Å². The summed E-state index contributed by atoms with van der Waals surface area (Å²) in [4.78, 5) is 13.9. The normalized spacial score (nSPS) is 17.8. The lowest BCUT2D eigenvalue weighted by Gasteiger charge is -2.35. The molecular formula is C14H17BrClNO3. The molecule has 1 amide bonds. The second-order valence-corrected chi connectivity index (χ2v) is 6.51. The highest BCUT2D eigenvalue weighted by atomic mass is 79.9. The van der Waals surface area contributed by atoms with Gasteiger partial charge in [0.05, 0.1) is 5.60 Å². The molecule has 20 heavy (non-hydrogen) atoms. The molecule has 0 saturated carbocycles. The van der Waals surface area contributed by atoms with Crippen LogP contribution >= 0.6 is 27.5 Å². The summed E-state index contributed by atoms with van der Waals surface area (Å²) >= 11 is 9.27. The molecular weight excluding hydrogens is 346 g/mol. The van der Waals surface area contributed by atoms with E-state index in [1.54, 1.807) is 25.2 Å². The van der Waals surface area contributed by atoms with Gasteiger partial charge in [-0.1, -0.05) is 27.5 Å². The summed E-state index contributed by atoms with van der Waals surface area (Å²) in [5.74, 6) is -0.159. The molecule has 1 saturated heterocycles. The van der Waals surface area contributed by atoms with Crippen LogP contribution in [-0.2, 0) is 4.74 Å². The first kappa shape index (κ1) is 15.8. The van der Waals surface area contributed by atoms with Crippen molar-refractivity contribution in [2.45, 2.75) is 18.4 Å². The zero-order valence-electron chi connectivity index (χ0n) is 11.2. The van der Waals surface area contributed by atoms with Crippen LogP contribution in [0.15, 0.2) is 22.7 Å². The van der Waals surface area contributed by atoms with Crippen LogP contribution in [0.25, 0.3) is 0 Å². The van der Waals surface area contributed by atoms with Crippen molar-refractivity contribution in [1.82, 2.24) is 4.90 Å². The van der Waals surface area contributed by atoms with Crippen molar-refractivity contribution in [3.05, 3.63) is 33.3 Å². The zero-order valence-corrected chi connectivity index (χ0v) is 13.6. The summed E-state index contributed by atoms with van der Waals surface area (Å²) in [6.45, 7) is 1.35. The van der Waals surface area contributed by atoms with Crippen LogP contribution in [0, 0.1) is 0 Å². The van der Waals surface area contributed by atoms with Crippen LogP contribution in [0.1, 0.15) is 23.2 Å². The molecule has 1 aromatic rings. The minimum atomic E-state index is -0.863. The number of ether oxygens (including phenoxy) is 1. The molecule has 4 nitrogen and oxygen atoms in total. The lowest BCUT2D eigenvalue weighted by Crippen LogP contribution is -2.47. The average molecular weight is 363 g/mol. The molecule has 0 aliphatic carbocycles. The fraction of sp³-hybridized carbons (Fsp3) is 0.500. The topological polar surface area (TPSA) is 49.8 Å². The van der Waals surface area contributed by atoms with Gasteiger partial charge in [0.15, 0.2) is 0 Å². The predicted molar refractivity (Wildman–Crippen MR) is 81.1 cm³/mol. The number of halogens is 2. The Hall–Kier alpha value is -0.620. The highest BCUT2D eigenvalue weighted by Crippen LogP contribution is 2.24. The molecule has 2 rings (SSSR count). The fourth-order valence-corrected chi connectivity index (χ4v) is 3.18. The van der Waals surface area contributed by atoms with E-state index in [0.717, 1.165) is 4.47 Å². The van der Waals surface area contributed by atoms with Crippen LogP contribution in [-0.4, -0.2) is 48.3 Å². The highest BCUT2D eigenvalue weighted by Gasteiger charge is 2.32. The fourth-order valence-electron chi connectivity index (χ4n) is 2.32. The number of amides is 1. The van der Waals surface area contributed by atoms with Crippen molar-refractivity contribution in [2.24, 2.45) is 0 Å². The standard InChI is InChI=1S/C14H17BrClNO3/c1-17(9-14(19)2-4-20-5-3-14)13(18)10-6-11(15)8-12(16)7-10/h6-8,19H,2-5,9H2,1H3. The Labute approximate surface area is 131 Å². The first-order chi connectivity index (χ1) is 9.39. The molecule has 6 heteroatoms. The molecule has 0 spiro atoms. The first-order valence-corrected chi connectivity index (χ1v) is 7.58. The Balaban J connectivity index is 2.08. The Kier molecular flexibility index (Phi) is 5.07. The van der Waals surface area contributed by atoms with Gasteiger partial charge in [0.25, 0.3) is 5.91 Å². The van der Waals surface area contributed by atoms with Gasteiger partial charge in [0.2, 0.25) is 0 Å². The van der Waals surface area contributed by atoms with E-state index in [9.17, 15) is 9.90 Å². The number of rotatable bonds is 3. The molecule has 0 unspecified atom stereocenters. The van der Waals surface area contributed by atoms with E-state index in [-0.39, 0.29) is 5.91 Å². The van der Waals surface area contributed by atoms with Gasteiger partial charge in [-0.2, -0.15) is 0 Å². The summed E-state index contributed by atoms with van der Waals surface area (Å²) in [6.07, 6.45) is 1.09. The van der Waals surface area contributed by atoms with E-state index in [4.69, 9.17) is 16.3 Å². The molecule has 0 radical (unpaired) electrons. The molecule has 0 atom stereocenters. The smallest absolute Gasteiger partial charge is 0.253 e. The van der Waals surface area contributed by atoms with Crippen molar-refractivity contribution in [3.63, 3.8) is 0 Å². The van der Waals surface area contributed by atoms with Crippen LogP contribution in [0.3, 0.4) is 0 Å². The van der Waals surface area contributed by atoms with Crippen LogP contribution in [0.5, 0.6) is 0 Å². The van der Waals surface area contributed by atoms with Gasteiger partial charge in [-0.05, 0) is 18.2 Å². The summed E-state index contributed by atoms with van der Waals surface area (Å²) in [7, 11) is 1.69. The average Bonchev–Trinajstić information content (AvgIpc) is 2.37. The molecule has 0 aromatic heterocycles. The number of hydrogen-bond donors (Lipinski definition) is 1. The maximum absolute atomic E-state index is 12.4. The molecule has 1 heterocycles. The zero-order chi connectivity index (χ0) is 14.8. The molecule has 1 aromatic carbocycles. The Morgan fingerprint density at radius 3 is 2.70 bits per heavy atom. The summed E-state index contributed by atoms with van der Waals surface area (Å²) in [5.41, 5.74) is -0.360. The number of carbonyl (C=O) groups excluding carboxylic acids is 1. The van der Waals surface area contributed by atoms with E-state index in [1.165, 1.54) is 4.90 Å². The molecule has 1 N–H and O–H groups in total. The lowest BCUT2D eigenvalue weighted by molar-refractivity contribution is -0.0734. The van der Waals surface area contributed by atoms with Gasteiger partial charge in [-0.15, -0.1) is 0 Å². The Morgan fingerprint density at radius 2 is 2.10 bits per heavy atom. The molecule has 1 aliphatic heterocycles. The monoisotopic (exact) mass is 361 g/mol. The summed E-state index contributed by atoms with van der Waals surface area (Å²) in [6, 6.07) is 5.07. The minimum Gasteiger partial charge on any atom is -0.388 e. The summed E-state index contributed by atoms with van der Waals surface area (Å²) < 4.78 is 5.99. The number of likely N-dealkylation sites (N-methyl/N-ethyl adjacent to an activating group) is 1. The van der Waals surface area contributed by atoms with Crippen molar-refractivity contribution < 1.29 is 14.6 Å². The lowest BCUT2D eigenvalue weighted by atomic mass is 9.94. The quantitative estimate of drug-likeness (QED) is 0.899. The third kappa shape index (κ3) is 3.95. The molecule has 1 fully saturated rings. The minimum absolute atomic E-state index is 0.159. The maximum atomic E-state index is 12.4. The van der Waals surface area contributed by atoms with E-state index >= 15 is 0 Å². The van der Waals surface area contributed by atoms with E-state index < -0.39 is 5.60 Å². The predicted octanol–water partition coefficient (Wildman–Crippen LogP) is 2.72. The number of aliphatic hydroxyl groups is 1. The number of nitrogens with zero attached hydrogens (tertiary/aromatic N) is 1. The van der Waals surface area contributed by atoms with Crippen LogP contribution < -0.4 is 0 Å². The Morgan fingerprint density at radius 1 is 1.45 bits per heavy atom. The third-order valence-electron chi connectivity index (χ3n) is 3.41. The van der Waals surface area contributed by atoms with Crippen molar-refractivity contribution in [2.75, 3.05) is 26.8 Å². The largest absolute Gasteiger partial charge is 0.388 e.